The largest absolute Gasteiger partial charge is 0.338 e. The van der Waals surface area contributed by atoms with Crippen LogP contribution in [0.2, 0.25) is 0 Å². The average molecular weight is 256 g/mol. The molecule has 6 heteroatoms. The summed E-state index contributed by atoms with van der Waals surface area (Å²) in [6, 6.07) is 0.302. The zero-order valence-electron chi connectivity index (χ0n) is 10.5. The van der Waals surface area contributed by atoms with Crippen molar-refractivity contribution in [3.05, 3.63) is 11.7 Å². The van der Waals surface area contributed by atoms with E-state index in [0.717, 1.165) is 50.1 Å². The molecule has 5 nitrogen and oxygen atoms in total. The smallest absolute Gasteiger partial charge is 0.236 e. The van der Waals surface area contributed by atoms with E-state index >= 15 is 0 Å². The van der Waals surface area contributed by atoms with Crippen LogP contribution in [-0.2, 0) is 5.75 Å². The fourth-order valence-electron chi connectivity index (χ4n) is 2.18. The minimum absolute atomic E-state index is 0.302. The number of rotatable bonds is 5. The van der Waals surface area contributed by atoms with E-state index in [2.05, 4.69) is 27.3 Å². The fourth-order valence-corrected chi connectivity index (χ4v) is 2.55. The van der Waals surface area contributed by atoms with Gasteiger partial charge in [0, 0.05) is 26.2 Å². The Bertz CT molecular complexity index is 338. The molecular weight excluding hydrogens is 236 g/mol. The van der Waals surface area contributed by atoms with E-state index in [1.54, 1.807) is 11.8 Å². The Morgan fingerprint density at radius 2 is 2.24 bits per heavy atom. The van der Waals surface area contributed by atoms with Crippen LogP contribution in [0.4, 0.5) is 0 Å². The van der Waals surface area contributed by atoms with Gasteiger partial charge in [-0.3, -0.25) is 4.90 Å². The van der Waals surface area contributed by atoms with Crippen LogP contribution in [0.1, 0.15) is 31.1 Å². The number of hydrogen-bond acceptors (Lipinski definition) is 6. The summed E-state index contributed by atoms with van der Waals surface area (Å²) in [5.41, 5.74) is 0. The molecule has 96 valence electrons. The van der Waals surface area contributed by atoms with E-state index in [1.807, 2.05) is 6.26 Å². The lowest BCUT2D eigenvalue weighted by molar-refractivity contribution is 0.160. The topological polar surface area (TPSA) is 54.2 Å². The lowest BCUT2D eigenvalue weighted by Gasteiger charge is -2.32. The molecule has 1 atom stereocenters. The third kappa shape index (κ3) is 3.20. The lowest BCUT2D eigenvalue weighted by atomic mass is 10.1. The first-order chi connectivity index (χ1) is 8.35. The molecule has 1 fully saturated rings. The highest BCUT2D eigenvalue weighted by Gasteiger charge is 2.24. The van der Waals surface area contributed by atoms with Crippen molar-refractivity contribution in [3.8, 4) is 0 Å². The third-order valence-electron chi connectivity index (χ3n) is 3.03. The maximum absolute atomic E-state index is 5.25. The van der Waals surface area contributed by atoms with E-state index < -0.39 is 0 Å². The zero-order valence-corrected chi connectivity index (χ0v) is 11.3. The Labute approximate surface area is 106 Å². The fraction of sp³-hybridized carbons (Fsp3) is 0.818. The summed E-state index contributed by atoms with van der Waals surface area (Å²) in [4.78, 5) is 6.92. The van der Waals surface area contributed by atoms with Gasteiger partial charge >= 0.3 is 0 Å². The molecule has 1 aromatic rings. The molecule has 17 heavy (non-hydrogen) atoms. The van der Waals surface area contributed by atoms with Gasteiger partial charge in [-0.15, -0.1) is 0 Å². The van der Waals surface area contributed by atoms with Gasteiger partial charge in [0.15, 0.2) is 5.82 Å². The Morgan fingerprint density at radius 3 is 2.88 bits per heavy atom. The summed E-state index contributed by atoms with van der Waals surface area (Å²) < 4.78 is 5.25. The second-order valence-corrected chi connectivity index (χ2v) is 5.06. The van der Waals surface area contributed by atoms with Gasteiger partial charge in [0.25, 0.3) is 0 Å². The maximum Gasteiger partial charge on any atom is 0.236 e. The molecule has 0 aromatic carbocycles. The van der Waals surface area contributed by atoms with Gasteiger partial charge in [-0.25, -0.2) is 0 Å². The molecule has 0 bridgehead atoms. The number of hydrogen-bond donors (Lipinski definition) is 1. The standard InChI is InChI=1S/C11H20N4OS/c1-3-9(15-6-4-12-5-7-15)11-13-10(8-17-2)16-14-11/h9,12H,3-8H2,1-2H3. The Balaban J connectivity index is 2.04. The van der Waals surface area contributed by atoms with Gasteiger partial charge in [-0.2, -0.15) is 16.7 Å². The predicted octanol–water partition coefficient (Wildman–Crippen LogP) is 1.29. The Kier molecular flexibility index (Phi) is 4.82. The molecular formula is C11H20N4OS. The van der Waals surface area contributed by atoms with E-state index in [0.29, 0.717) is 6.04 Å². The molecule has 1 N–H and O–H groups in total. The van der Waals surface area contributed by atoms with Gasteiger partial charge in [0.2, 0.25) is 5.89 Å². The van der Waals surface area contributed by atoms with Crippen molar-refractivity contribution >= 4 is 11.8 Å². The van der Waals surface area contributed by atoms with Crippen molar-refractivity contribution in [1.82, 2.24) is 20.4 Å². The summed E-state index contributed by atoms with van der Waals surface area (Å²) in [5, 5.41) is 7.48. The van der Waals surface area contributed by atoms with Crippen LogP contribution < -0.4 is 5.32 Å². The van der Waals surface area contributed by atoms with Gasteiger partial charge in [-0.05, 0) is 12.7 Å². The zero-order chi connectivity index (χ0) is 12.1. The third-order valence-corrected chi connectivity index (χ3v) is 3.56. The molecule has 0 aliphatic carbocycles. The maximum atomic E-state index is 5.25. The van der Waals surface area contributed by atoms with Crippen molar-refractivity contribution in [2.45, 2.75) is 25.1 Å². The molecule has 2 heterocycles. The molecule has 0 radical (unpaired) electrons. The lowest BCUT2D eigenvalue weighted by Crippen LogP contribution is -2.45. The molecule has 1 aliphatic rings. The van der Waals surface area contributed by atoms with Crippen molar-refractivity contribution < 1.29 is 4.52 Å². The molecule has 0 saturated carbocycles. The number of aromatic nitrogens is 2. The Morgan fingerprint density at radius 1 is 1.47 bits per heavy atom. The van der Waals surface area contributed by atoms with Gasteiger partial charge < -0.3 is 9.84 Å². The minimum atomic E-state index is 0.302. The van der Waals surface area contributed by atoms with Crippen LogP contribution in [0.15, 0.2) is 4.52 Å². The minimum Gasteiger partial charge on any atom is -0.338 e. The molecule has 0 amide bonds. The van der Waals surface area contributed by atoms with Crippen LogP contribution in [0.25, 0.3) is 0 Å². The molecule has 1 aromatic heterocycles. The normalized spacial score (nSPS) is 19.4. The molecule has 1 aliphatic heterocycles. The summed E-state index contributed by atoms with van der Waals surface area (Å²) >= 11 is 1.70. The molecule has 1 saturated heterocycles. The van der Waals surface area contributed by atoms with Crippen molar-refractivity contribution in [1.29, 1.82) is 0 Å². The summed E-state index contributed by atoms with van der Waals surface area (Å²) in [6.45, 7) is 6.39. The SMILES string of the molecule is CCC(c1noc(CSC)n1)N1CCNCC1. The summed E-state index contributed by atoms with van der Waals surface area (Å²) in [7, 11) is 0. The van der Waals surface area contributed by atoms with Gasteiger partial charge in [0.05, 0.1) is 11.8 Å². The van der Waals surface area contributed by atoms with E-state index in [-0.39, 0.29) is 0 Å². The van der Waals surface area contributed by atoms with Crippen LogP contribution >= 0.6 is 11.8 Å². The van der Waals surface area contributed by atoms with E-state index in [9.17, 15) is 0 Å². The first-order valence-corrected chi connectivity index (χ1v) is 7.50. The molecule has 0 spiro atoms. The highest BCUT2D eigenvalue weighted by Crippen LogP contribution is 2.22. The average Bonchev–Trinajstić information content (AvgIpc) is 2.81. The Hall–Kier alpha value is -0.590. The highest BCUT2D eigenvalue weighted by molar-refractivity contribution is 7.97. The van der Waals surface area contributed by atoms with Crippen LogP contribution in [-0.4, -0.2) is 47.5 Å². The monoisotopic (exact) mass is 256 g/mol. The van der Waals surface area contributed by atoms with Crippen LogP contribution in [0.5, 0.6) is 0 Å². The quantitative estimate of drug-likeness (QED) is 0.857. The van der Waals surface area contributed by atoms with E-state index in [1.165, 1.54) is 0 Å². The van der Waals surface area contributed by atoms with Crippen molar-refractivity contribution in [2.75, 3.05) is 32.4 Å². The van der Waals surface area contributed by atoms with Crippen LogP contribution in [0.3, 0.4) is 0 Å². The first kappa shape index (κ1) is 12.9. The molecule has 2 rings (SSSR count). The van der Waals surface area contributed by atoms with Crippen molar-refractivity contribution in [2.24, 2.45) is 0 Å². The van der Waals surface area contributed by atoms with Crippen LogP contribution in [0, 0.1) is 0 Å². The predicted molar refractivity (Wildman–Crippen MR) is 69.0 cm³/mol. The highest BCUT2D eigenvalue weighted by atomic mass is 32.2. The second-order valence-electron chi connectivity index (χ2n) is 4.19. The summed E-state index contributed by atoms with van der Waals surface area (Å²) in [6.07, 6.45) is 3.07. The number of piperazine rings is 1. The van der Waals surface area contributed by atoms with E-state index in [4.69, 9.17) is 4.52 Å². The number of thioether (sulfide) groups is 1. The second kappa shape index (κ2) is 6.37. The van der Waals surface area contributed by atoms with Crippen molar-refractivity contribution in [3.63, 3.8) is 0 Å². The molecule has 1 unspecified atom stereocenters. The van der Waals surface area contributed by atoms with Gasteiger partial charge in [0.1, 0.15) is 0 Å². The number of nitrogens with one attached hydrogen (secondary N) is 1. The summed E-state index contributed by atoms with van der Waals surface area (Å²) in [5.74, 6) is 2.38. The van der Waals surface area contributed by atoms with Gasteiger partial charge in [-0.1, -0.05) is 12.1 Å². The first-order valence-electron chi connectivity index (χ1n) is 6.11. The number of nitrogens with zero attached hydrogens (tertiary/aromatic N) is 3.